The molecule has 1 heterocycles. The van der Waals surface area contributed by atoms with Crippen molar-refractivity contribution in [1.29, 1.82) is 0 Å². The summed E-state index contributed by atoms with van der Waals surface area (Å²) >= 11 is 0. The molecule has 0 amide bonds. The molecule has 1 N–H and O–H groups in total. The van der Waals surface area contributed by atoms with Crippen LogP contribution >= 0.6 is 0 Å². The van der Waals surface area contributed by atoms with Crippen LogP contribution in [-0.4, -0.2) is 63.5 Å². The fraction of sp³-hybridized carbons (Fsp3) is 0.667. The van der Waals surface area contributed by atoms with E-state index in [0.717, 1.165) is 63.8 Å². The molecule has 0 spiro atoms. The lowest BCUT2D eigenvalue weighted by atomic mass is 10.1. The molecule has 1 aliphatic rings. The molecule has 1 aromatic carbocycles. The summed E-state index contributed by atoms with van der Waals surface area (Å²) in [5, 5.41) is 3.47. The first-order chi connectivity index (χ1) is 13.1. The summed E-state index contributed by atoms with van der Waals surface area (Å²) in [7, 11) is 3.57. The largest absolute Gasteiger partial charge is 0.491 e. The first-order valence-electron chi connectivity index (χ1n) is 9.94. The second-order valence-electron chi connectivity index (χ2n) is 7.11. The number of methoxy groups -OCH3 is 1. The number of hydrogen-bond donors (Lipinski definition) is 1. The van der Waals surface area contributed by atoms with Gasteiger partial charge in [-0.15, -0.1) is 0 Å². The first kappa shape index (κ1) is 21.5. The van der Waals surface area contributed by atoms with Crippen LogP contribution in [0.15, 0.2) is 29.3 Å². The lowest BCUT2D eigenvalue weighted by molar-refractivity contribution is 0.00989. The molecule has 0 radical (unpaired) electrons. The summed E-state index contributed by atoms with van der Waals surface area (Å²) in [6.07, 6.45) is 3.58. The Labute approximate surface area is 163 Å². The lowest BCUT2D eigenvalue weighted by Crippen LogP contribution is -2.46. The molecule has 1 fully saturated rings. The van der Waals surface area contributed by atoms with Gasteiger partial charge in [0.1, 0.15) is 5.75 Å². The van der Waals surface area contributed by atoms with E-state index in [1.165, 1.54) is 5.56 Å². The molecule has 0 atom stereocenters. The van der Waals surface area contributed by atoms with Crippen LogP contribution < -0.4 is 10.1 Å². The van der Waals surface area contributed by atoms with E-state index in [4.69, 9.17) is 14.2 Å². The highest BCUT2D eigenvalue weighted by atomic mass is 16.5. The minimum atomic E-state index is 0.194. The van der Waals surface area contributed by atoms with Crippen molar-refractivity contribution in [2.75, 3.05) is 40.5 Å². The molecule has 1 aromatic rings. The van der Waals surface area contributed by atoms with E-state index in [-0.39, 0.29) is 6.10 Å². The second-order valence-corrected chi connectivity index (χ2v) is 7.11. The van der Waals surface area contributed by atoms with Crippen molar-refractivity contribution in [3.8, 4) is 5.75 Å². The number of hydrogen-bond acceptors (Lipinski definition) is 4. The zero-order valence-electron chi connectivity index (χ0n) is 17.2. The van der Waals surface area contributed by atoms with Crippen molar-refractivity contribution in [2.24, 2.45) is 4.99 Å². The molecule has 6 heteroatoms. The Morgan fingerprint density at radius 1 is 1.19 bits per heavy atom. The van der Waals surface area contributed by atoms with Crippen LogP contribution in [0.25, 0.3) is 0 Å². The normalized spacial score (nSPS) is 16.0. The number of likely N-dealkylation sites (tertiary alicyclic amines) is 1. The molecule has 1 saturated heterocycles. The van der Waals surface area contributed by atoms with Gasteiger partial charge in [0.15, 0.2) is 5.96 Å². The smallest absolute Gasteiger partial charge is 0.193 e. The van der Waals surface area contributed by atoms with E-state index in [1.807, 2.05) is 33.0 Å². The third-order valence-corrected chi connectivity index (χ3v) is 4.55. The summed E-state index contributed by atoms with van der Waals surface area (Å²) in [4.78, 5) is 6.76. The third-order valence-electron chi connectivity index (χ3n) is 4.55. The predicted molar refractivity (Wildman–Crippen MR) is 109 cm³/mol. The first-order valence-corrected chi connectivity index (χ1v) is 9.94. The summed E-state index contributed by atoms with van der Waals surface area (Å²) < 4.78 is 16.7. The third kappa shape index (κ3) is 7.77. The van der Waals surface area contributed by atoms with Gasteiger partial charge in [-0.25, -0.2) is 0 Å². The molecule has 2 rings (SSSR count). The highest BCUT2D eigenvalue weighted by Gasteiger charge is 2.21. The maximum absolute atomic E-state index is 5.94. The van der Waals surface area contributed by atoms with Crippen LogP contribution in [-0.2, 0) is 16.0 Å². The van der Waals surface area contributed by atoms with E-state index >= 15 is 0 Å². The second kappa shape index (κ2) is 11.8. The molecule has 152 valence electrons. The van der Waals surface area contributed by atoms with Gasteiger partial charge in [-0.1, -0.05) is 12.1 Å². The number of benzene rings is 1. The molecule has 0 bridgehead atoms. The van der Waals surface area contributed by atoms with Gasteiger partial charge in [0.05, 0.1) is 12.2 Å². The van der Waals surface area contributed by atoms with Crippen LogP contribution in [0.2, 0.25) is 0 Å². The Kier molecular flexibility index (Phi) is 9.42. The molecule has 0 saturated carbocycles. The number of nitrogens with zero attached hydrogens (tertiary/aromatic N) is 2. The van der Waals surface area contributed by atoms with Crippen LogP contribution in [0.4, 0.5) is 0 Å². The molecule has 27 heavy (non-hydrogen) atoms. The average Bonchev–Trinajstić information content (AvgIpc) is 2.67. The number of aliphatic imine (C=N–C) groups is 1. The van der Waals surface area contributed by atoms with E-state index in [0.29, 0.717) is 6.10 Å². The molecule has 0 unspecified atom stereocenters. The summed E-state index contributed by atoms with van der Waals surface area (Å²) in [6.45, 7) is 8.30. The van der Waals surface area contributed by atoms with Gasteiger partial charge in [-0.05, 0) is 50.8 Å². The highest BCUT2D eigenvalue weighted by Crippen LogP contribution is 2.16. The van der Waals surface area contributed by atoms with E-state index in [1.54, 1.807) is 7.11 Å². The summed E-state index contributed by atoms with van der Waals surface area (Å²) in [6, 6.07) is 8.23. The van der Waals surface area contributed by atoms with E-state index in [9.17, 15) is 0 Å². The van der Waals surface area contributed by atoms with E-state index < -0.39 is 0 Å². The minimum absolute atomic E-state index is 0.194. The molecular formula is C21H35N3O3. The molecular weight excluding hydrogens is 342 g/mol. The fourth-order valence-corrected chi connectivity index (χ4v) is 3.16. The van der Waals surface area contributed by atoms with Crippen LogP contribution in [0.5, 0.6) is 5.75 Å². The van der Waals surface area contributed by atoms with Gasteiger partial charge in [-0.2, -0.15) is 0 Å². The Morgan fingerprint density at radius 3 is 2.48 bits per heavy atom. The summed E-state index contributed by atoms with van der Waals surface area (Å²) in [5.41, 5.74) is 1.21. The topological polar surface area (TPSA) is 55.3 Å². The summed E-state index contributed by atoms with van der Waals surface area (Å²) in [5.74, 6) is 1.86. The number of ether oxygens (including phenoxy) is 3. The predicted octanol–water partition coefficient (Wildman–Crippen LogP) is 3.07. The van der Waals surface area contributed by atoms with Crippen LogP contribution in [0.3, 0.4) is 0 Å². The number of piperidine rings is 1. The zero-order chi connectivity index (χ0) is 19.5. The fourth-order valence-electron chi connectivity index (χ4n) is 3.16. The van der Waals surface area contributed by atoms with Gasteiger partial charge in [-0.3, -0.25) is 4.99 Å². The van der Waals surface area contributed by atoms with Gasteiger partial charge >= 0.3 is 0 Å². The van der Waals surface area contributed by atoms with Gasteiger partial charge in [0.2, 0.25) is 0 Å². The Bertz CT molecular complexity index is 552. The standard InChI is InChI=1S/C21H35N3O3/c1-17(2)27-20-8-6-18(7-9-20)16-23-21(22-3)24-12-10-19(11-13-24)26-15-5-14-25-4/h6-9,17,19H,5,10-16H2,1-4H3,(H,22,23). The van der Waals surface area contributed by atoms with Crippen molar-refractivity contribution in [3.63, 3.8) is 0 Å². The average molecular weight is 378 g/mol. The molecule has 6 nitrogen and oxygen atoms in total. The van der Waals surface area contributed by atoms with Gasteiger partial charge in [0.25, 0.3) is 0 Å². The van der Waals surface area contributed by atoms with Crippen molar-refractivity contribution in [1.82, 2.24) is 10.2 Å². The molecule has 0 aromatic heterocycles. The number of nitrogens with one attached hydrogen (secondary N) is 1. The van der Waals surface area contributed by atoms with Crippen molar-refractivity contribution < 1.29 is 14.2 Å². The lowest BCUT2D eigenvalue weighted by Gasteiger charge is -2.34. The monoisotopic (exact) mass is 377 g/mol. The van der Waals surface area contributed by atoms with Crippen molar-refractivity contribution in [3.05, 3.63) is 29.8 Å². The number of rotatable bonds is 9. The number of guanidine groups is 1. The van der Waals surface area contributed by atoms with Crippen LogP contribution in [0.1, 0.15) is 38.7 Å². The Hall–Kier alpha value is -1.79. The SMILES string of the molecule is CN=C(NCc1ccc(OC(C)C)cc1)N1CCC(OCCCOC)CC1. The van der Waals surface area contributed by atoms with Crippen LogP contribution in [0, 0.1) is 0 Å². The zero-order valence-corrected chi connectivity index (χ0v) is 17.2. The van der Waals surface area contributed by atoms with E-state index in [2.05, 4.69) is 27.3 Å². The Morgan fingerprint density at radius 2 is 1.89 bits per heavy atom. The van der Waals surface area contributed by atoms with Gasteiger partial charge in [0, 0.05) is 47.0 Å². The highest BCUT2D eigenvalue weighted by molar-refractivity contribution is 5.79. The minimum Gasteiger partial charge on any atom is -0.491 e. The molecule has 1 aliphatic heterocycles. The molecule has 0 aliphatic carbocycles. The Balaban J connectivity index is 1.73. The van der Waals surface area contributed by atoms with Crippen molar-refractivity contribution >= 4 is 5.96 Å². The maximum atomic E-state index is 5.94. The maximum Gasteiger partial charge on any atom is 0.193 e. The quantitative estimate of drug-likeness (QED) is 0.407. The van der Waals surface area contributed by atoms with Gasteiger partial charge < -0.3 is 24.4 Å². The van der Waals surface area contributed by atoms with Crippen molar-refractivity contribution in [2.45, 2.75) is 51.9 Å².